The van der Waals surface area contributed by atoms with Crippen LogP contribution in [0.1, 0.15) is 42.9 Å². The van der Waals surface area contributed by atoms with E-state index in [-0.39, 0.29) is 22.9 Å². The summed E-state index contributed by atoms with van der Waals surface area (Å²) in [5, 5.41) is 2.92. The molecule has 1 N–H and O–H groups in total. The fraction of sp³-hybridized carbons (Fsp3) is 0.312. The van der Waals surface area contributed by atoms with Crippen LogP contribution < -0.4 is 5.32 Å². The SMILES string of the molecule is CC(C)(C)[C@H](NC(=O)c1ccnc(F)c1)c1ccccn1. The molecule has 1 atom stereocenters. The third-order valence-corrected chi connectivity index (χ3v) is 3.11. The van der Waals surface area contributed by atoms with E-state index in [1.165, 1.54) is 12.3 Å². The second kappa shape index (κ2) is 5.99. The normalized spacial score (nSPS) is 12.8. The molecule has 0 aliphatic carbocycles. The lowest BCUT2D eigenvalue weighted by Gasteiger charge is -2.31. The van der Waals surface area contributed by atoms with Crippen molar-refractivity contribution in [2.24, 2.45) is 5.41 Å². The van der Waals surface area contributed by atoms with Gasteiger partial charge in [-0.15, -0.1) is 0 Å². The molecule has 2 aromatic rings. The van der Waals surface area contributed by atoms with Gasteiger partial charge in [-0.25, -0.2) is 4.98 Å². The lowest BCUT2D eigenvalue weighted by molar-refractivity contribution is 0.0899. The fourth-order valence-electron chi connectivity index (χ4n) is 2.04. The molecule has 4 nitrogen and oxygen atoms in total. The maximum absolute atomic E-state index is 13.1. The topological polar surface area (TPSA) is 54.9 Å². The largest absolute Gasteiger partial charge is 0.343 e. The van der Waals surface area contributed by atoms with Gasteiger partial charge in [-0.1, -0.05) is 26.8 Å². The van der Waals surface area contributed by atoms with Crippen molar-refractivity contribution in [3.63, 3.8) is 0 Å². The summed E-state index contributed by atoms with van der Waals surface area (Å²) >= 11 is 0. The van der Waals surface area contributed by atoms with Gasteiger partial charge in [0.15, 0.2) is 0 Å². The Morgan fingerprint density at radius 2 is 1.95 bits per heavy atom. The first kappa shape index (κ1) is 15.1. The predicted molar refractivity (Wildman–Crippen MR) is 78.1 cm³/mol. The van der Waals surface area contributed by atoms with Gasteiger partial charge in [0, 0.05) is 24.0 Å². The lowest BCUT2D eigenvalue weighted by atomic mass is 9.84. The van der Waals surface area contributed by atoms with Crippen LogP contribution in [0.2, 0.25) is 0 Å². The number of halogens is 1. The quantitative estimate of drug-likeness (QED) is 0.882. The molecule has 0 aromatic carbocycles. The molecule has 0 radical (unpaired) electrons. The predicted octanol–water partition coefficient (Wildman–Crippen LogP) is 3.13. The molecule has 1 amide bonds. The number of hydrogen-bond acceptors (Lipinski definition) is 3. The first-order valence-corrected chi connectivity index (χ1v) is 6.71. The summed E-state index contributed by atoms with van der Waals surface area (Å²) in [4.78, 5) is 20.1. The van der Waals surface area contributed by atoms with E-state index in [0.717, 1.165) is 11.8 Å². The second-order valence-electron chi connectivity index (χ2n) is 5.89. The zero-order valence-electron chi connectivity index (χ0n) is 12.3. The highest BCUT2D eigenvalue weighted by Gasteiger charge is 2.29. The van der Waals surface area contributed by atoms with Crippen LogP contribution in [-0.4, -0.2) is 15.9 Å². The molecular weight excluding hydrogens is 269 g/mol. The molecule has 0 fully saturated rings. The summed E-state index contributed by atoms with van der Waals surface area (Å²) < 4.78 is 13.1. The Labute approximate surface area is 123 Å². The van der Waals surface area contributed by atoms with Crippen molar-refractivity contribution in [3.8, 4) is 0 Å². The molecular formula is C16H18FN3O. The highest BCUT2D eigenvalue weighted by molar-refractivity contribution is 5.94. The van der Waals surface area contributed by atoms with Gasteiger partial charge in [0.25, 0.3) is 5.91 Å². The fourth-order valence-corrected chi connectivity index (χ4v) is 2.04. The lowest BCUT2D eigenvalue weighted by Crippen LogP contribution is -2.37. The number of hydrogen-bond donors (Lipinski definition) is 1. The van der Waals surface area contributed by atoms with Crippen molar-refractivity contribution >= 4 is 5.91 Å². The van der Waals surface area contributed by atoms with Gasteiger partial charge >= 0.3 is 0 Å². The number of nitrogens with one attached hydrogen (secondary N) is 1. The minimum atomic E-state index is -0.673. The molecule has 0 saturated heterocycles. The van der Waals surface area contributed by atoms with Crippen LogP contribution >= 0.6 is 0 Å². The first-order valence-electron chi connectivity index (χ1n) is 6.71. The Morgan fingerprint density at radius 3 is 2.52 bits per heavy atom. The summed E-state index contributed by atoms with van der Waals surface area (Å²) in [6, 6.07) is 7.89. The zero-order valence-corrected chi connectivity index (χ0v) is 12.3. The third-order valence-electron chi connectivity index (χ3n) is 3.11. The minimum absolute atomic E-state index is 0.227. The van der Waals surface area contributed by atoms with E-state index >= 15 is 0 Å². The summed E-state index contributed by atoms with van der Waals surface area (Å²) in [5.41, 5.74) is 0.788. The van der Waals surface area contributed by atoms with Crippen LogP contribution in [0.3, 0.4) is 0 Å². The number of carbonyl (C=O) groups is 1. The summed E-state index contributed by atoms with van der Waals surface area (Å²) in [5.74, 6) is -1.02. The van der Waals surface area contributed by atoms with E-state index in [1.54, 1.807) is 6.20 Å². The second-order valence-corrected chi connectivity index (χ2v) is 5.89. The molecule has 0 bridgehead atoms. The number of pyridine rings is 2. The Kier molecular flexibility index (Phi) is 4.31. The van der Waals surface area contributed by atoms with Crippen LogP contribution in [0.25, 0.3) is 0 Å². The van der Waals surface area contributed by atoms with Crippen molar-refractivity contribution in [1.29, 1.82) is 0 Å². The highest BCUT2D eigenvalue weighted by atomic mass is 19.1. The smallest absolute Gasteiger partial charge is 0.252 e. The number of amides is 1. The molecule has 110 valence electrons. The molecule has 0 aliphatic heterocycles. The van der Waals surface area contributed by atoms with Crippen molar-refractivity contribution in [1.82, 2.24) is 15.3 Å². The van der Waals surface area contributed by atoms with Crippen LogP contribution in [0.5, 0.6) is 0 Å². The summed E-state index contributed by atoms with van der Waals surface area (Å²) in [7, 11) is 0. The average Bonchev–Trinajstić information content (AvgIpc) is 2.44. The summed E-state index contributed by atoms with van der Waals surface area (Å²) in [6.07, 6.45) is 2.96. The Balaban J connectivity index is 2.26. The van der Waals surface area contributed by atoms with E-state index in [0.29, 0.717) is 0 Å². The third kappa shape index (κ3) is 3.84. The Hall–Kier alpha value is -2.30. The standard InChI is InChI=1S/C16H18FN3O/c1-16(2,3)14(12-6-4-5-8-18-12)20-15(21)11-7-9-19-13(17)10-11/h4-10,14H,1-3H3,(H,20,21)/t14-/m1/s1. The monoisotopic (exact) mass is 287 g/mol. The molecule has 2 aromatic heterocycles. The van der Waals surface area contributed by atoms with Crippen molar-refractivity contribution in [2.45, 2.75) is 26.8 Å². The van der Waals surface area contributed by atoms with Crippen LogP contribution in [0.15, 0.2) is 42.7 Å². The number of aromatic nitrogens is 2. The van der Waals surface area contributed by atoms with Gasteiger partial charge in [0.1, 0.15) is 0 Å². The number of carbonyl (C=O) groups excluding carboxylic acids is 1. The number of nitrogens with zero attached hydrogens (tertiary/aromatic N) is 2. The van der Waals surface area contributed by atoms with Crippen molar-refractivity contribution < 1.29 is 9.18 Å². The molecule has 5 heteroatoms. The molecule has 0 saturated carbocycles. The number of rotatable bonds is 3. The highest BCUT2D eigenvalue weighted by Crippen LogP contribution is 2.31. The Bertz CT molecular complexity index is 623. The molecule has 0 unspecified atom stereocenters. The van der Waals surface area contributed by atoms with E-state index in [2.05, 4.69) is 15.3 Å². The van der Waals surface area contributed by atoms with Gasteiger partial charge in [0.05, 0.1) is 11.7 Å². The van der Waals surface area contributed by atoms with E-state index in [9.17, 15) is 9.18 Å². The minimum Gasteiger partial charge on any atom is -0.343 e. The average molecular weight is 287 g/mol. The van der Waals surface area contributed by atoms with Gasteiger partial charge in [-0.05, 0) is 23.6 Å². The summed E-state index contributed by atoms with van der Waals surface area (Å²) in [6.45, 7) is 6.04. The Morgan fingerprint density at radius 1 is 1.19 bits per heavy atom. The van der Waals surface area contributed by atoms with Gasteiger partial charge in [0.2, 0.25) is 5.95 Å². The maximum atomic E-state index is 13.1. The van der Waals surface area contributed by atoms with Crippen LogP contribution in [0, 0.1) is 11.4 Å². The molecule has 0 spiro atoms. The van der Waals surface area contributed by atoms with Gasteiger partial charge < -0.3 is 5.32 Å². The molecule has 2 heterocycles. The zero-order chi connectivity index (χ0) is 15.5. The van der Waals surface area contributed by atoms with Crippen molar-refractivity contribution in [2.75, 3.05) is 0 Å². The van der Waals surface area contributed by atoms with Crippen LogP contribution in [-0.2, 0) is 0 Å². The first-order chi connectivity index (χ1) is 9.88. The van der Waals surface area contributed by atoms with E-state index in [4.69, 9.17) is 0 Å². The van der Waals surface area contributed by atoms with Gasteiger partial charge in [-0.2, -0.15) is 4.39 Å². The molecule has 2 rings (SSSR count). The van der Waals surface area contributed by atoms with E-state index in [1.807, 2.05) is 39.0 Å². The maximum Gasteiger partial charge on any atom is 0.252 e. The van der Waals surface area contributed by atoms with Crippen LogP contribution in [0.4, 0.5) is 4.39 Å². The van der Waals surface area contributed by atoms with E-state index < -0.39 is 5.95 Å². The van der Waals surface area contributed by atoms with Gasteiger partial charge in [-0.3, -0.25) is 9.78 Å². The molecule has 21 heavy (non-hydrogen) atoms. The van der Waals surface area contributed by atoms with Crippen molar-refractivity contribution in [3.05, 3.63) is 59.9 Å². The molecule has 0 aliphatic rings.